The molecule has 126 valence electrons. The molecule has 1 unspecified atom stereocenters. The molecule has 1 aromatic carbocycles. The van der Waals surface area contributed by atoms with Crippen molar-refractivity contribution >= 4 is 15.7 Å². The van der Waals surface area contributed by atoms with Gasteiger partial charge in [-0.1, -0.05) is 12.1 Å². The van der Waals surface area contributed by atoms with Gasteiger partial charge in [0, 0.05) is 23.9 Å². The Labute approximate surface area is 130 Å². The van der Waals surface area contributed by atoms with Crippen molar-refractivity contribution in [2.24, 2.45) is 10.2 Å². The number of carbonyl (C=O) groups excluding carboxylic acids is 1. The second kappa shape index (κ2) is 5.59. The molecule has 0 radical (unpaired) electrons. The van der Waals surface area contributed by atoms with Crippen LogP contribution >= 0.6 is 0 Å². The molecule has 2 rings (SSSR count). The molecule has 0 fully saturated rings. The van der Waals surface area contributed by atoms with Crippen molar-refractivity contribution in [3.63, 3.8) is 0 Å². The van der Waals surface area contributed by atoms with E-state index in [9.17, 15) is 26.4 Å². The van der Waals surface area contributed by atoms with Gasteiger partial charge in [0.15, 0.2) is 9.84 Å². The van der Waals surface area contributed by atoms with E-state index in [4.69, 9.17) is 0 Å². The topological polar surface area (TPSA) is 88.0 Å². The maximum absolute atomic E-state index is 12.8. The van der Waals surface area contributed by atoms with Gasteiger partial charge in [0.2, 0.25) is 0 Å². The fraction of sp³-hybridized carbons (Fsp3) is 0.462. The highest BCUT2D eigenvalue weighted by atomic mass is 32.2. The zero-order valence-electron chi connectivity index (χ0n) is 12.3. The van der Waals surface area contributed by atoms with E-state index in [1.807, 2.05) is 0 Å². The molecule has 1 aliphatic heterocycles. The van der Waals surface area contributed by atoms with Crippen LogP contribution in [-0.4, -0.2) is 38.6 Å². The maximum atomic E-state index is 12.8. The number of amides is 1. The molecule has 1 amide bonds. The summed E-state index contributed by atoms with van der Waals surface area (Å²) in [7, 11) is -3.28. The lowest BCUT2D eigenvalue weighted by Gasteiger charge is -2.15. The Bertz CT molecular complexity index is 736. The second-order valence-corrected chi connectivity index (χ2v) is 7.76. The fourth-order valence-electron chi connectivity index (χ4n) is 1.79. The smallest absolute Gasteiger partial charge is 0.351 e. The predicted molar refractivity (Wildman–Crippen MR) is 75.7 cm³/mol. The van der Waals surface area contributed by atoms with Gasteiger partial charge < -0.3 is 5.32 Å². The van der Waals surface area contributed by atoms with Crippen molar-refractivity contribution in [1.82, 2.24) is 5.32 Å². The SMILES string of the molecule is CC(CNC(=O)c1ccc(C2(C(F)(F)F)N=N2)cc1)S(C)(=O)=O. The maximum Gasteiger partial charge on any atom is 0.442 e. The number of alkyl halides is 3. The highest BCUT2D eigenvalue weighted by Crippen LogP contribution is 2.52. The van der Waals surface area contributed by atoms with Gasteiger partial charge in [-0.3, -0.25) is 4.79 Å². The van der Waals surface area contributed by atoms with Gasteiger partial charge in [0.25, 0.3) is 5.91 Å². The van der Waals surface area contributed by atoms with E-state index in [0.717, 1.165) is 18.4 Å². The normalized spacial score (nSPS) is 17.6. The molecular formula is C13H14F3N3O3S. The average Bonchev–Trinajstić information content (AvgIpc) is 3.24. The molecule has 0 saturated heterocycles. The Morgan fingerprint density at radius 3 is 2.17 bits per heavy atom. The highest BCUT2D eigenvalue weighted by Gasteiger charge is 2.65. The van der Waals surface area contributed by atoms with Crippen LogP contribution in [0.3, 0.4) is 0 Å². The Morgan fingerprint density at radius 2 is 1.78 bits per heavy atom. The number of hydrogen-bond donors (Lipinski definition) is 1. The van der Waals surface area contributed by atoms with Crippen LogP contribution in [0.4, 0.5) is 13.2 Å². The van der Waals surface area contributed by atoms with Crippen LogP contribution in [0.5, 0.6) is 0 Å². The third kappa shape index (κ3) is 3.52. The third-order valence-corrected chi connectivity index (χ3v) is 5.15. The van der Waals surface area contributed by atoms with E-state index in [2.05, 4.69) is 15.5 Å². The number of nitrogens with zero attached hydrogens (tertiary/aromatic N) is 2. The van der Waals surface area contributed by atoms with Crippen LogP contribution in [0.1, 0.15) is 22.8 Å². The van der Waals surface area contributed by atoms with E-state index in [1.165, 1.54) is 19.1 Å². The Kier molecular flexibility index (Phi) is 4.22. The summed E-state index contributed by atoms with van der Waals surface area (Å²) in [4.78, 5) is 11.9. The summed E-state index contributed by atoms with van der Waals surface area (Å²) in [5.41, 5.74) is -2.58. The Balaban J connectivity index is 2.05. The van der Waals surface area contributed by atoms with Crippen LogP contribution in [-0.2, 0) is 15.5 Å². The lowest BCUT2D eigenvalue weighted by Crippen LogP contribution is -2.34. The van der Waals surface area contributed by atoms with Gasteiger partial charge in [0.1, 0.15) is 0 Å². The molecule has 1 aliphatic rings. The molecular weight excluding hydrogens is 335 g/mol. The molecule has 10 heteroatoms. The summed E-state index contributed by atoms with van der Waals surface area (Å²) in [6.07, 6.45) is -3.57. The summed E-state index contributed by atoms with van der Waals surface area (Å²) in [6.45, 7) is 1.36. The minimum absolute atomic E-state index is 0.0867. The first-order chi connectivity index (χ1) is 10.5. The number of sulfone groups is 1. The van der Waals surface area contributed by atoms with E-state index in [1.54, 1.807) is 0 Å². The lowest BCUT2D eigenvalue weighted by atomic mass is 10.0. The number of rotatable bonds is 5. The van der Waals surface area contributed by atoms with Crippen molar-refractivity contribution in [1.29, 1.82) is 0 Å². The van der Waals surface area contributed by atoms with Gasteiger partial charge in [-0.15, -0.1) is 10.2 Å². The van der Waals surface area contributed by atoms with Gasteiger partial charge in [-0.25, -0.2) is 8.42 Å². The molecule has 0 aliphatic carbocycles. The minimum atomic E-state index is -4.62. The Hall–Kier alpha value is -1.97. The van der Waals surface area contributed by atoms with Crippen LogP contribution in [0, 0.1) is 0 Å². The van der Waals surface area contributed by atoms with Crippen molar-refractivity contribution in [2.75, 3.05) is 12.8 Å². The van der Waals surface area contributed by atoms with Crippen molar-refractivity contribution < 1.29 is 26.4 Å². The summed E-state index contributed by atoms with van der Waals surface area (Å²) < 4.78 is 61.0. The van der Waals surface area contributed by atoms with E-state index < -0.39 is 32.8 Å². The Morgan fingerprint density at radius 1 is 1.26 bits per heavy atom. The summed E-state index contributed by atoms with van der Waals surface area (Å²) in [5.74, 6) is -0.571. The number of benzene rings is 1. The van der Waals surface area contributed by atoms with Crippen LogP contribution < -0.4 is 5.32 Å². The van der Waals surface area contributed by atoms with Crippen LogP contribution in [0.15, 0.2) is 34.5 Å². The first kappa shape index (κ1) is 17.4. The van der Waals surface area contributed by atoms with Gasteiger partial charge >= 0.3 is 11.8 Å². The second-order valence-electron chi connectivity index (χ2n) is 5.30. The number of halogens is 3. The standard InChI is InChI=1S/C13H14F3N3O3S/c1-8(23(2,21)22)7-17-11(20)9-3-5-10(6-4-9)12(18-19-12)13(14,15)16/h3-6,8H,7H2,1-2H3,(H,17,20). The monoisotopic (exact) mass is 349 g/mol. The van der Waals surface area contributed by atoms with Gasteiger partial charge in [-0.05, 0) is 19.1 Å². The summed E-state index contributed by atoms with van der Waals surface area (Å²) in [5, 5.41) is 7.80. The number of hydrogen-bond acceptors (Lipinski definition) is 5. The number of nitrogens with one attached hydrogen (secondary N) is 1. The molecule has 0 bridgehead atoms. The lowest BCUT2D eigenvalue weighted by molar-refractivity contribution is -0.166. The first-order valence-corrected chi connectivity index (χ1v) is 8.51. The molecule has 1 heterocycles. The van der Waals surface area contributed by atoms with Gasteiger partial charge in [-0.2, -0.15) is 13.2 Å². The molecule has 0 saturated carbocycles. The summed E-state index contributed by atoms with van der Waals surface area (Å²) in [6, 6.07) is 4.68. The molecule has 0 aromatic heterocycles. The third-order valence-electron chi connectivity index (χ3n) is 3.53. The zero-order valence-corrected chi connectivity index (χ0v) is 13.1. The van der Waals surface area contributed by atoms with Crippen LogP contribution in [0.2, 0.25) is 0 Å². The van der Waals surface area contributed by atoms with Crippen molar-refractivity contribution in [3.05, 3.63) is 35.4 Å². The summed E-state index contributed by atoms with van der Waals surface area (Å²) >= 11 is 0. The molecule has 1 N–H and O–H groups in total. The number of carbonyl (C=O) groups is 1. The molecule has 1 aromatic rings. The fourth-order valence-corrected chi connectivity index (χ4v) is 2.17. The molecule has 1 atom stereocenters. The zero-order chi connectivity index (χ0) is 17.5. The van der Waals surface area contributed by atoms with E-state index >= 15 is 0 Å². The predicted octanol–water partition coefficient (Wildman–Crippen LogP) is 2.03. The molecule has 0 spiro atoms. The molecule has 6 nitrogen and oxygen atoms in total. The molecule has 23 heavy (non-hydrogen) atoms. The van der Waals surface area contributed by atoms with E-state index in [-0.39, 0.29) is 17.7 Å². The average molecular weight is 349 g/mol. The quantitative estimate of drug-likeness (QED) is 0.882. The van der Waals surface area contributed by atoms with Gasteiger partial charge in [0.05, 0.1) is 5.25 Å². The first-order valence-electron chi connectivity index (χ1n) is 6.56. The highest BCUT2D eigenvalue weighted by molar-refractivity contribution is 7.91. The van der Waals surface area contributed by atoms with E-state index in [0.29, 0.717) is 0 Å². The minimum Gasteiger partial charge on any atom is -0.351 e. The largest absolute Gasteiger partial charge is 0.442 e. The van der Waals surface area contributed by atoms with Crippen molar-refractivity contribution in [2.45, 2.75) is 24.0 Å². The van der Waals surface area contributed by atoms with Crippen molar-refractivity contribution in [3.8, 4) is 0 Å². The van der Waals surface area contributed by atoms with Crippen LogP contribution in [0.25, 0.3) is 0 Å².